The van der Waals surface area contributed by atoms with E-state index in [1.54, 1.807) is 0 Å². The van der Waals surface area contributed by atoms with Crippen molar-refractivity contribution in [3.8, 4) is 0 Å². The highest BCUT2D eigenvalue weighted by molar-refractivity contribution is 6.04. The molecule has 114 valence electrons. The molecule has 2 fully saturated rings. The number of hydrogen-bond donors (Lipinski definition) is 1. The third kappa shape index (κ3) is 1.66. The van der Waals surface area contributed by atoms with Crippen LogP contribution in [-0.2, 0) is 14.3 Å². The predicted molar refractivity (Wildman–Crippen MR) is 76.5 cm³/mol. The molecule has 1 N–H and O–H groups in total. The first-order valence-corrected chi connectivity index (χ1v) is 7.81. The number of allylic oxidation sites excluding steroid dienone is 1. The van der Waals surface area contributed by atoms with Crippen molar-refractivity contribution in [1.29, 1.82) is 0 Å². The summed E-state index contributed by atoms with van der Waals surface area (Å²) in [6.07, 6.45) is 2.82. The lowest BCUT2D eigenvalue weighted by Crippen LogP contribution is -2.49. The molecule has 21 heavy (non-hydrogen) atoms. The first-order valence-electron chi connectivity index (χ1n) is 7.81. The van der Waals surface area contributed by atoms with Gasteiger partial charge >= 0.3 is 0 Å². The van der Waals surface area contributed by atoms with Gasteiger partial charge in [-0.2, -0.15) is 0 Å². The van der Waals surface area contributed by atoms with Crippen LogP contribution in [0.4, 0.5) is 0 Å². The Morgan fingerprint density at radius 3 is 2.86 bits per heavy atom. The molecule has 0 amide bonds. The Morgan fingerprint density at radius 2 is 2.14 bits per heavy atom. The Kier molecular flexibility index (Phi) is 2.57. The number of hydrogen-bond acceptors (Lipinski definition) is 4. The Morgan fingerprint density at radius 1 is 1.38 bits per heavy atom. The quantitative estimate of drug-likeness (QED) is 0.695. The van der Waals surface area contributed by atoms with Crippen molar-refractivity contribution in [3.63, 3.8) is 0 Å². The number of aliphatic hydroxyl groups is 1. The minimum absolute atomic E-state index is 0.101. The van der Waals surface area contributed by atoms with E-state index in [-0.39, 0.29) is 30.0 Å². The Balaban J connectivity index is 1.79. The van der Waals surface area contributed by atoms with Crippen molar-refractivity contribution in [2.24, 2.45) is 5.92 Å². The monoisotopic (exact) mass is 290 g/mol. The highest BCUT2D eigenvalue weighted by atomic mass is 16.6. The van der Waals surface area contributed by atoms with Crippen LogP contribution in [0.3, 0.4) is 0 Å². The molecule has 0 unspecified atom stereocenters. The van der Waals surface area contributed by atoms with E-state index in [2.05, 4.69) is 20.8 Å². The third-order valence-corrected chi connectivity index (χ3v) is 5.78. The van der Waals surface area contributed by atoms with Gasteiger partial charge in [0.05, 0.1) is 6.61 Å². The van der Waals surface area contributed by atoms with Crippen LogP contribution in [0.15, 0.2) is 22.5 Å². The highest BCUT2D eigenvalue weighted by Gasteiger charge is 2.58. The smallest absolute Gasteiger partial charge is 0.196 e. The van der Waals surface area contributed by atoms with Gasteiger partial charge in [0, 0.05) is 17.9 Å². The van der Waals surface area contributed by atoms with E-state index >= 15 is 0 Å². The zero-order chi connectivity index (χ0) is 15.0. The van der Waals surface area contributed by atoms with E-state index in [0.717, 1.165) is 12.8 Å². The zero-order valence-electron chi connectivity index (χ0n) is 12.9. The molecule has 4 aliphatic rings. The van der Waals surface area contributed by atoms with Gasteiger partial charge in [0.25, 0.3) is 0 Å². The fourth-order valence-electron chi connectivity index (χ4n) is 4.51. The largest absolute Gasteiger partial charge is 0.488 e. The number of fused-ring (bicyclic) bond motifs is 4. The number of rotatable bonds is 0. The fourth-order valence-corrected chi connectivity index (χ4v) is 4.51. The summed E-state index contributed by atoms with van der Waals surface area (Å²) in [4.78, 5) is 12.6. The Bertz CT molecular complexity index is 598. The second-order valence-electron chi connectivity index (χ2n) is 7.40. The SMILES string of the molecule is CC(C)=C1CC[C@@]2(C)OC3=C(C[C@@H]12)C(=O)[C@]1(O)CO[C@H]3C1. The summed E-state index contributed by atoms with van der Waals surface area (Å²) >= 11 is 0. The maximum absolute atomic E-state index is 12.6. The average molecular weight is 290 g/mol. The second kappa shape index (κ2) is 3.99. The van der Waals surface area contributed by atoms with Gasteiger partial charge in [0.1, 0.15) is 17.5 Å². The molecule has 1 saturated heterocycles. The number of ether oxygens (including phenoxy) is 2. The van der Waals surface area contributed by atoms with Gasteiger partial charge in [-0.25, -0.2) is 0 Å². The summed E-state index contributed by atoms with van der Waals surface area (Å²) in [5, 5.41) is 10.4. The van der Waals surface area contributed by atoms with E-state index in [0.29, 0.717) is 24.2 Å². The molecule has 4 nitrogen and oxygen atoms in total. The molecule has 0 aromatic heterocycles. The summed E-state index contributed by atoms with van der Waals surface area (Å²) < 4.78 is 11.9. The van der Waals surface area contributed by atoms with Crippen molar-refractivity contribution in [1.82, 2.24) is 0 Å². The average Bonchev–Trinajstić information content (AvgIpc) is 2.94. The summed E-state index contributed by atoms with van der Waals surface area (Å²) in [5.74, 6) is 0.788. The Labute approximate surface area is 124 Å². The molecule has 2 bridgehead atoms. The highest BCUT2D eigenvalue weighted by Crippen LogP contribution is 2.54. The minimum Gasteiger partial charge on any atom is -0.488 e. The number of Topliss-reactive ketones (excluding diaryl/α,β-unsaturated/α-hetero) is 1. The lowest BCUT2D eigenvalue weighted by molar-refractivity contribution is -0.135. The van der Waals surface area contributed by atoms with E-state index in [1.165, 1.54) is 11.1 Å². The lowest BCUT2D eigenvalue weighted by atomic mass is 9.74. The van der Waals surface area contributed by atoms with Crippen LogP contribution in [-0.4, -0.2) is 34.8 Å². The van der Waals surface area contributed by atoms with Gasteiger partial charge in [0.2, 0.25) is 0 Å². The van der Waals surface area contributed by atoms with Gasteiger partial charge in [0.15, 0.2) is 11.4 Å². The predicted octanol–water partition coefficient (Wildman–Crippen LogP) is 2.27. The molecule has 4 rings (SSSR count). The van der Waals surface area contributed by atoms with Gasteiger partial charge in [-0.05, 0) is 40.0 Å². The first-order chi connectivity index (χ1) is 9.84. The van der Waals surface area contributed by atoms with Crippen molar-refractivity contribution >= 4 is 5.78 Å². The van der Waals surface area contributed by atoms with E-state index in [9.17, 15) is 9.90 Å². The number of ketones is 1. The third-order valence-electron chi connectivity index (χ3n) is 5.78. The summed E-state index contributed by atoms with van der Waals surface area (Å²) in [6, 6.07) is 0. The molecule has 0 aromatic carbocycles. The van der Waals surface area contributed by atoms with Crippen molar-refractivity contribution in [2.45, 2.75) is 63.8 Å². The zero-order valence-corrected chi connectivity index (χ0v) is 12.9. The van der Waals surface area contributed by atoms with Crippen LogP contribution in [0.5, 0.6) is 0 Å². The maximum atomic E-state index is 12.6. The Hall–Kier alpha value is -1.13. The molecule has 4 heteroatoms. The number of carbonyl (C=O) groups is 1. The van der Waals surface area contributed by atoms with E-state index in [4.69, 9.17) is 9.47 Å². The van der Waals surface area contributed by atoms with Gasteiger partial charge in [-0.3, -0.25) is 4.79 Å². The van der Waals surface area contributed by atoms with Crippen LogP contribution in [0.1, 0.15) is 46.5 Å². The summed E-state index contributed by atoms with van der Waals surface area (Å²) in [5.41, 5.74) is 1.88. The van der Waals surface area contributed by atoms with E-state index in [1.807, 2.05) is 0 Å². The normalized spacial score (nSPS) is 44.6. The molecule has 0 spiro atoms. The standard InChI is InChI=1S/C17H22O4/c1-9(2)10-4-5-16(3)12(10)6-11-14(21-16)13-7-17(19,8-20-13)15(11)18/h12-13,19H,4-8H2,1-3H3/t12-,13-,16+,17+/m0/s1. The molecule has 2 aliphatic carbocycles. The number of carbonyl (C=O) groups excluding carboxylic acids is 1. The fraction of sp³-hybridized carbons (Fsp3) is 0.706. The van der Waals surface area contributed by atoms with Gasteiger partial charge in [-0.15, -0.1) is 0 Å². The molecule has 0 radical (unpaired) electrons. The summed E-state index contributed by atoms with van der Waals surface area (Å²) in [6.45, 7) is 6.52. The molecule has 0 aromatic rings. The molecule has 2 aliphatic heterocycles. The topological polar surface area (TPSA) is 55.8 Å². The van der Waals surface area contributed by atoms with Gasteiger partial charge in [-0.1, -0.05) is 11.1 Å². The molecule has 1 saturated carbocycles. The molecular formula is C17H22O4. The van der Waals surface area contributed by atoms with Crippen LogP contribution in [0, 0.1) is 5.92 Å². The first kappa shape index (κ1) is 13.5. The van der Waals surface area contributed by atoms with Crippen molar-refractivity contribution < 1.29 is 19.4 Å². The van der Waals surface area contributed by atoms with Crippen LogP contribution >= 0.6 is 0 Å². The van der Waals surface area contributed by atoms with Crippen LogP contribution in [0.2, 0.25) is 0 Å². The van der Waals surface area contributed by atoms with Gasteiger partial charge < -0.3 is 14.6 Å². The lowest BCUT2D eigenvalue weighted by Gasteiger charge is -2.43. The van der Waals surface area contributed by atoms with Crippen LogP contribution < -0.4 is 0 Å². The second-order valence-corrected chi connectivity index (χ2v) is 7.40. The molecular weight excluding hydrogens is 268 g/mol. The summed E-state index contributed by atoms with van der Waals surface area (Å²) in [7, 11) is 0. The van der Waals surface area contributed by atoms with Crippen LogP contribution in [0.25, 0.3) is 0 Å². The minimum atomic E-state index is -1.32. The molecule has 2 heterocycles. The molecule has 4 atom stereocenters. The maximum Gasteiger partial charge on any atom is 0.196 e. The van der Waals surface area contributed by atoms with Crippen molar-refractivity contribution in [2.75, 3.05) is 6.61 Å². The van der Waals surface area contributed by atoms with Crippen molar-refractivity contribution in [3.05, 3.63) is 22.5 Å². The van der Waals surface area contributed by atoms with E-state index < -0.39 is 5.60 Å².